The highest BCUT2D eigenvalue weighted by Crippen LogP contribution is 2.21. The summed E-state index contributed by atoms with van der Waals surface area (Å²) in [5.74, 6) is 0.690. The van der Waals surface area contributed by atoms with Gasteiger partial charge in [0.25, 0.3) is 0 Å². The molecule has 72 valence electrons. The third-order valence-electron chi connectivity index (χ3n) is 2.05. The highest BCUT2D eigenvalue weighted by Gasteiger charge is 2.20. The van der Waals surface area contributed by atoms with E-state index in [4.69, 9.17) is 20.5 Å². The van der Waals surface area contributed by atoms with Crippen LogP contribution in [0.4, 0.5) is 5.69 Å². The van der Waals surface area contributed by atoms with Crippen LogP contribution in [0.5, 0.6) is 5.75 Å². The lowest BCUT2D eigenvalue weighted by Crippen LogP contribution is -2.38. The van der Waals surface area contributed by atoms with Crippen molar-refractivity contribution in [2.45, 2.75) is 6.10 Å². The molecule has 14 heavy (non-hydrogen) atoms. The normalized spacial score (nSPS) is 15.6. The Morgan fingerprint density at radius 2 is 2.29 bits per heavy atom. The first-order valence-corrected chi connectivity index (χ1v) is 4.33. The fourth-order valence-electron chi connectivity index (χ4n) is 1.19. The predicted octanol–water partition coefficient (Wildman–Crippen LogP) is 0.918. The van der Waals surface area contributed by atoms with Crippen LogP contribution in [0.25, 0.3) is 0 Å². The Morgan fingerprint density at radius 3 is 2.79 bits per heavy atom. The highest BCUT2D eigenvalue weighted by atomic mass is 16.6. The number of hydrogen-bond donors (Lipinski definition) is 1. The third kappa shape index (κ3) is 1.63. The molecule has 0 aromatic heterocycles. The van der Waals surface area contributed by atoms with E-state index in [1.54, 1.807) is 18.2 Å². The molecule has 2 N–H and O–H groups in total. The molecule has 1 aromatic carbocycles. The maximum absolute atomic E-state index is 8.66. The number of nitriles is 1. The number of hydrogen-bond acceptors (Lipinski definition) is 4. The van der Waals surface area contributed by atoms with Crippen molar-refractivity contribution in [2.75, 3.05) is 18.9 Å². The van der Waals surface area contributed by atoms with E-state index in [1.165, 1.54) is 0 Å². The Hall–Kier alpha value is -1.73. The second-order valence-electron chi connectivity index (χ2n) is 3.14. The molecule has 1 aliphatic rings. The van der Waals surface area contributed by atoms with Gasteiger partial charge < -0.3 is 15.2 Å². The average molecular weight is 190 g/mol. The Bertz CT molecular complexity index is 380. The molecule has 0 spiro atoms. The van der Waals surface area contributed by atoms with Gasteiger partial charge in [-0.25, -0.2) is 0 Å². The minimum absolute atomic E-state index is 0.127. The standard InChI is InChI=1S/C10H10N2O2/c11-4-7-1-2-8(3-10(7)12)14-9-5-13-6-9/h1-3,9H,5-6,12H2. The Labute approximate surface area is 81.8 Å². The van der Waals surface area contributed by atoms with Gasteiger partial charge in [0.1, 0.15) is 17.9 Å². The van der Waals surface area contributed by atoms with Gasteiger partial charge in [-0.1, -0.05) is 0 Å². The summed E-state index contributed by atoms with van der Waals surface area (Å²) in [5.41, 5.74) is 6.56. The van der Waals surface area contributed by atoms with E-state index >= 15 is 0 Å². The lowest BCUT2D eigenvalue weighted by atomic mass is 10.2. The number of anilines is 1. The number of benzene rings is 1. The molecule has 0 unspecified atom stereocenters. The second-order valence-corrected chi connectivity index (χ2v) is 3.14. The highest BCUT2D eigenvalue weighted by molar-refractivity contribution is 5.57. The first-order valence-electron chi connectivity index (χ1n) is 4.33. The number of nitrogens with two attached hydrogens (primary N) is 1. The van der Waals surface area contributed by atoms with Crippen LogP contribution in [0.15, 0.2) is 18.2 Å². The molecule has 1 aromatic rings. The summed E-state index contributed by atoms with van der Waals surface area (Å²) < 4.78 is 10.5. The monoisotopic (exact) mass is 190 g/mol. The summed E-state index contributed by atoms with van der Waals surface area (Å²) in [6, 6.07) is 7.06. The van der Waals surface area contributed by atoms with Crippen LogP contribution in [0.1, 0.15) is 5.56 Å². The SMILES string of the molecule is N#Cc1ccc(OC2COC2)cc1N. The smallest absolute Gasteiger partial charge is 0.145 e. The van der Waals surface area contributed by atoms with E-state index in [0.29, 0.717) is 30.2 Å². The summed E-state index contributed by atoms with van der Waals surface area (Å²) >= 11 is 0. The molecule has 1 heterocycles. The Kier molecular flexibility index (Phi) is 2.25. The average Bonchev–Trinajstić information content (AvgIpc) is 2.12. The molecule has 0 aliphatic carbocycles. The Balaban J connectivity index is 2.12. The van der Waals surface area contributed by atoms with Crippen molar-refractivity contribution in [3.63, 3.8) is 0 Å². The van der Waals surface area contributed by atoms with E-state index in [2.05, 4.69) is 0 Å². The molecule has 0 saturated carbocycles. The molecular formula is C10H10N2O2. The van der Waals surface area contributed by atoms with E-state index in [0.717, 1.165) is 0 Å². The van der Waals surface area contributed by atoms with E-state index < -0.39 is 0 Å². The number of nitrogen functional groups attached to an aromatic ring is 1. The maximum Gasteiger partial charge on any atom is 0.145 e. The molecule has 1 fully saturated rings. The third-order valence-corrected chi connectivity index (χ3v) is 2.05. The quantitative estimate of drug-likeness (QED) is 0.704. The maximum atomic E-state index is 8.66. The first kappa shape index (κ1) is 8.85. The van der Waals surface area contributed by atoms with Gasteiger partial charge in [-0.15, -0.1) is 0 Å². The van der Waals surface area contributed by atoms with Crippen molar-refractivity contribution in [1.29, 1.82) is 5.26 Å². The van der Waals surface area contributed by atoms with Gasteiger partial charge in [0.15, 0.2) is 0 Å². The lowest BCUT2D eigenvalue weighted by Gasteiger charge is -2.26. The summed E-state index contributed by atoms with van der Waals surface area (Å²) in [5, 5.41) is 8.66. The minimum Gasteiger partial charge on any atom is -0.486 e. The van der Waals surface area contributed by atoms with Crippen LogP contribution >= 0.6 is 0 Å². The van der Waals surface area contributed by atoms with Gasteiger partial charge in [-0.05, 0) is 12.1 Å². The molecule has 0 radical (unpaired) electrons. The van der Waals surface area contributed by atoms with Crippen LogP contribution in [0.2, 0.25) is 0 Å². The molecule has 0 amide bonds. The Morgan fingerprint density at radius 1 is 1.50 bits per heavy atom. The van der Waals surface area contributed by atoms with E-state index in [9.17, 15) is 0 Å². The van der Waals surface area contributed by atoms with Crippen LogP contribution in [-0.2, 0) is 4.74 Å². The summed E-state index contributed by atoms with van der Waals surface area (Å²) in [7, 11) is 0. The van der Waals surface area contributed by atoms with Crippen LogP contribution in [0.3, 0.4) is 0 Å². The molecule has 4 nitrogen and oxygen atoms in total. The number of nitrogens with zero attached hydrogens (tertiary/aromatic N) is 1. The first-order chi connectivity index (χ1) is 6.79. The summed E-state index contributed by atoms with van der Waals surface area (Å²) in [6.07, 6.45) is 0.127. The molecular weight excluding hydrogens is 180 g/mol. The number of ether oxygens (including phenoxy) is 2. The minimum atomic E-state index is 0.127. The topological polar surface area (TPSA) is 68.3 Å². The van der Waals surface area contributed by atoms with Crippen molar-refractivity contribution >= 4 is 5.69 Å². The van der Waals surface area contributed by atoms with Crippen molar-refractivity contribution in [1.82, 2.24) is 0 Å². The van der Waals surface area contributed by atoms with Gasteiger partial charge in [0, 0.05) is 6.07 Å². The summed E-state index contributed by atoms with van der Waals surface area (Å²) in [4.78, 5) is 0. The lowest BCUT2D eigenvalue weighted by molar-refractivity contribution is -0.0796. The van der Waals surface area contributed by atoms with Crippen molar-refractivity contribution in [3.05, 3.63) is 23.8 Å². The fraction of sp³-hybridized carbons (Fsp3) is 0.300. The van der Waals surface area contributed by atoms with Gasteiger partial charge in [-0.2, -0.15) is 5.26 Å². The van der Waals surface area contributed by atoms with Crippen LogP contribution in [-0.4, -0.2) is 19.3 Å². The van der Waals surface area contributed by atoms with Crippen molar-refractivity contribution in [2.24, 2.45) is 0 Å². The van der Waals surface area contributed by atoms with E-state index in [-0.39, 0.29) is 6.10 Å². The molecule has 2 rings (SSSR count). The van der Waals surface area contributed by atoms with Gasteiger partial charge >= 0.3 is 0 Å². The van der Waals surface area contributed by atoms with E-state index in [1.807, 2.05) is 6.07 Å². The zero-order valence-corrected chi connectivity index (χ0v) is 7.56. The van der Waals surface area contributed by atoms with Crippen LogP contribution in [0, 0.1) is 11.3 Å². The van der Waals surface area contributed by atoms with Crippen molar-refractivity contribution in [3.8, 4) is 11.8 Å². The molecule has 4 heteroatoms. The molecule has 0 bridgehead atoms. The van der Waals surface area contributed by atoms with Crippen molar-refractivity contribution < 1.29 is 9.47 Å². The molecule has 0 atom stereocenters. The van der Waals surface area contributed by atoms with Gasteiger partial charge in [-0.3, -0.25) is 0 Å². The zero-order chi connectivity index (χ0) is 9.97. The van der Waals surface area contributed by atoms with Gasteiger partial charge in [0.2, 0.25) is 0 Å². The van der Waals surface area contributed by atoms with Crippen LogP contribution < -0.4 is 10.5 Å². The number of rotatable bonds is 2. The zero-order valence-electron chi connectivity index (χ0n) is 7.56. The largest absolute Gasteiger partial charge is 0.486 e. The summed E-state index contributed by atoms with van der Waals surface area (Å²) in [6.45, 7) is 1.25. The van der Waals surface area contributed by atoms with Gasteiger partial charge in [0.05, 0.1) is 24.5 Å². The second kappa shape index (κ2) is 3.56. The predicted molar refractivity (Wildman–Crippen MR) is 50.8 cm³/mol. The fourth-order valence-corrected chi connectivity index (χ4v) is 1.19. The molecule has 1 aliphatic heterocycles. The molecule has 1 saturated heterocycles.